The molecule has 1 saturated carbocycles. The van der Waals surface area contributed by atoms with Crippen molar-refractivity contribution in [3.05, 3.63) is 31.0 Å². The molecule has 1 aliphatic carbocycles. The number of nitro groups is 1. The molecule has 0 unspecified atom stereocenters. The van der Waals surface area contributed by atoms with Gasteiger partial charge < -0.3 is 9.47 Å². The van der Waals surface area contributed by atoms with E-state index in [1.54, 1.807) is 0 Å². The molecule has 0 aromatic carbocycles. The fourth-order valence-corrected chi connectivity index (χ4v) is 2.66. The molecule has 0 amide bonds. The average Bonchev–Trinajstić information content (AvgIpc) is 2.49. The highest BCUT2D eigenvalue weighted by molar-refractivity contribution is 5.74. The molecule has 5 atom stereocenters. The lowest BCUT2D eigenvalue weighted by Crippen LogP contribution is -2.58. The third-order valence-corrected chi connectivity index (χ3v) is 3.49. The summed E-state index contributed by atoms with van der Waals surface area (Å²) in [6.45, 7) is 2.53. The highest BCUT2D eigenvalue weighted by Gasteiger charge is 2.56. The van der Waals surface area contributed by atoms with Crippen molar-refractivity contribution in [3.8, 4) is 0 Å². The molecule has 24 heavy (non-hydrogen) atoms. The Labute approximate surface area is 135 Å². The third kappa shape index (κ3) is 4.24. The summed E-state index contributed by atoms with van der Waals surface area (Å²) in [6, 6.07) is -4.09. The maximum atomic E-state index is 12.1. The van der Waals surface area contributed by atoms with E-state index in [4.69, 9.17) is 20.5 Å². The second kappa shape index (κ2) is 8.56. The first kappa shape index (κ1) is 19.0. The summed E-state index contributed by atoms with van der Waals surface area (Å²) >= 11 is 0. The van der Waals surface area contributed by atoms with Crippen molar-refractivity contribution in [2.45, 2.75) is 44.5 Å². The SMILES string of the molecule is CCOC(=O)[C@H]1C[C@H](N=[N+]=[N-])[C@@H](N=[N+]=[N-])[C@H](OC(C)=O)[C@@H]1[N+](=O)[O-]. The van der Waals surface area contributed by atoms with Gasteiger partial charge in [-0.2, -0.15) is 0 Å². The van der Waals surface area contributed by atoms with E-state index >= 15 is 0 Å². The van der Waals surface area contributed by atoms with Gasteiger partial charge in [0.2, 0.25) is 0 Å². The van der Waals surface area contributed by atoms with Crippen LogP contribution in [0.4, 0.5) is 0 Å². The predicted molar refractivity (Wildman–Crippen MR) is 76.9 cm³/mol. The molecule has 0 aromatic rings. The fraction of sp³-hybridized carbons (Fsp3) is 0.818. The van der Waals surface area contributed by atoms with E-state index in [-0.39, 0.29) is 13.0 Å². The molecular formula is C11H15N7O6. The predicted octanol–water partition coefficient (Wildman–Crippen LogP) is 1.50. The minimum absolute atomic E-state index is 0.00996. The first-order valence-corrected chi connectivity index (χ1v) is 6.93. The summed E-state index contributed by atoms with van der Waals surface area (Å²) in [5, 5.41) is 18.2. The number of esters is 2. The Balaban J connectivity index is 3.40. The van der Waals surface area contributed by atoms with E-state index in [2.05, 4.69) is 20.1 Å². The molecule has 0 aliphatic heterocycles. The Hall–Kier alpha value is -3.04. The molecule has 0 aromatic heterocycles. The summed E-state index contributed by atoms with van der Waals surface area (Å²) < 4.78 is 9.74. The van der Waals surface area contributed by atoms with Gasteiger partial charge in [0.25, 0.3) is 6.04 Å². The van der Waals surface area contributed by atoms with Crippen LogP contribution in [0.25, 0.3) is 20.9 Å². The van der Waals surface area contributed by atoms with E-state index in [1.165, 1.54) is 6.92 Å². The number of rotatable bonds is 6. The van der Waals surface area contributed by atoms with Gasteiger partial charge in [-0.3, -0.25) is 19.7 Å². The van der Waals surface area contributed by atoms with Gasteiger partial charge in [-0.15, -0.1) is 0 Å². The van der Waals surface area contributed by atoms with Crippen LogP contribution in [0, 0.1) is 16.0 Å². The van der Waals surface area contributed by atoms with Crippen LogP contribution in [0.1, 0.15) is 20.3 Å². The topological polar surface area (TPSA) is 193 Å². The normalized spacial score (nSPS) is 28.7. The quantitative estimate of drug-likeness (QED) is 0.175. The zero-order valence-corrected chi connectivity index (χ0v) is 12.9. The largest absolute Gasteiger partial charge is 0.466 e. The molecule has 13 nitrogen and oxygen atoms in total. The fourth-order valence-electron chi connectivity index (χ4n) is 2.66. The minimum atomic E-state index is -1.69. The van der Waals surface area contributed by atoms with Crippen LogP contribution in [-0.2, 0) is 19.1 Å². The highest BCUT2D eigenvalue weighted by Crippen LogP contribution is 2.34. The number of hydrogen-bond acceptors (Lipinski definition) is 8. The summed E-state index contributed by atoms with van der Waals surface area (Å²) in [6.07, 6.45) is -1.83. The van der Waals surface area contributed by atoms with E-state index < -0.39 is 47.0 Å². The van der Waals surface area contributed by atoms with Gasteiger partial charge in [0.05, 0.1) is 18.7 Å². The average molecular weight is 341 g/mol. The van der Waals surface area contributed by atoms with Crippen molar-refractivity contribution in [1.29, 1.82) is 0 Å². The number of carbonyl (C=O) groups is 2. The van der Waals surface area contributed by atoms with Crippen molar-refractivity contribution in [2.75, 3.05) is 6.61 Å². The molecule has 0 radical (unpaired) electrons. The minimum Gasteiger partial charge on any atom is -0.466 e. The Bertz CT molecular complexity index is 612. The van der Waals surface area contributed by atoms with E-state index in [0.717, 1.165) is 6.92 Å². The summed E-state index contributed by atoms with van der Waals surface area (Å²) in [7, 11) is 0. The first-order chi connectivity index (χ1) is 11.4. The van der Waals surface area contributed by atoms with Crippen LogP contribution in [0.15, 0.2) is 10.2 Å². The van der Waals surface area contributed by atoms with Crippen LogP contribution in [0.5, 0.6) is 0 Å². The van der Waals surface area contributed by atoms with Crippen molar-refractivity contribution in [3.63, 3.8) is 0 Å². The zero-order chi connectivity index (χ0) is 18.3. The lowest BCUT2D eigenvalue weighted by Gasteiger charge is -2.37. The molecule has 0 bridgehead atoms. The number of carbonyl (C=O) groups excluding carboxylic acids is 2. The van der Waals surface area contributed by atoms with E-state index in [9.17, 15) is 19.7 Å². The monoisotopic (exact) mass is 341 g/mol. The summed E-state index contributed by atoms with van der Waals surface area (Å²) in [5.41, 5.74) is 17.3. The molecule has 0 saturated heterocycles. The standard InChI is InChI=1S/C11H15N7O6/c1-3-23-11(20)6-4-7(14-16-12)8(15-17-13)10(24-5(2)19)9(6)18(21)22/h6-10H,3-4H2,1-2H3/t6-,7-,8+,9+,10-/m0/s1. The molecule has 0 N–H and O–H groups in total. The number of ether oxygens (including phenoxy) is 2. The molecule has 130 valence electrons. The Morgan fingerprint density at radius 1 is 1.33 bits per heavy atom. The lowest BCUT2D eigenvalue weighted by atomic mass is 9.77. The molecule has 13 heteroatoms. The van der Waals surface area contributed by atoms with Gasteiger partial charge >= 0.3 is 11.9 Å². The second-order valence-corrected chi connectivity index (χ2v) is 4.91. The van der Waals surface area contributed by atoms with Crippen LogP contribution in [0.2, 0.25) is 0 Å². The van der Waals surface area contributed by atoms with Gasteiger partial charge in [0.1, 0.15) is 5.92 Å². The van der Waals surface area contributed by atoms with Gasteiger partial charge in [0, 0.05) is 21.7 Å². The van der Waals surface area contributed by atoms with Crippen molar-refractivity contribution in [1.82, 2.24) is 0 Å². The van der Waals surface area contributed by atoms with Gasteiger partial charge in [-0.1, -0.05) is 10.2 Å². The third-order valence-electron chi connectivity index (χ3n) is 3.49. The van der Waals surface area contributed by atoms with Crippen LogP contribution in [0.3, 0.4) is 0 Å². The zero-order valence-electron chi connectivity index (χ0n) is 12.9. The molecule has 1 aliphatic rings. The van der Waals surface area contributed by atoms with Crippen molar-refractivity contribution >= 4 is 11.9 Å². The van der Waals surface area contributed by atoms with Crippen molar-refractivity contribution < 1.29 is 24.0 Å². The maximum absolute atomic E-state index is 12.1. The molecule has 1 fully saturated rings. The molecule has 1 rings (SSSR count). The van der Waals surface area contributed by atoms with Gasteiger partial charge in [-0.25, -0.2) is 0 Å². The van der Waals surface area contributed by atoms with Crippen LogP contribution in [-0.4, -0.2) is 47.7 Å². The van der Waals surface area contributed by atoms with E-state index in [1.807, 2.05) is 0 Å². The summed E-state index contributed by atoms with van der Waals surface area (Å²) in [4.78, 5) is 39.2. The van der Waals surface area contributed by atoms with Crippen molar-refractivity contribution in [2.24, 2.45) is 16.1 Å². The number of nitrogens with zero attached hydrogens (tertiary/aromatic N) is 7. The number of azide groups is 2. The molecule has 0 spiro atoms. The smallest absolute Gasteiger partial charge is 0.316 e. The lowest BCUT2D eigenvalue weighted by molar-refractivity contribution is -0.545. The number of hydrogen-bond donors (Lipinski definition) is 0. The van der Waals surface area contributed by atoms with Crippen LogP contribution >= 0.6 is 0 Å². The van der Waals surface area contributed by atoms with Gasteiger partial charge in [0.15, 0.2) is 6.10 Å². The Morgan fingerprint density at radius 2 is 1.96 bits per heavy atom. The van der Waals surface area contributed by atoms with E-state index in [0.29, 0.717) is 0 Å². The second-order valence-electron chi connectivity index (χ2n) is 4.91. The maximum Gasteiger partial charge on any atom is 0.316 e. The Morgan fingerprint density at radius 3 is 2.42 bits per heavy atom. The molecule has 0 heterocycles. The first-order valence-electron chi connectivity index (χ1n) is 6.93. The summed E-state index contributed by atoms with van der Waals surface area (Å²) in [5.74, 6) is -3.06. The highest BCUT2D eigenvalue weighted by atomic mass is 16.6. The van der Waals surface area contributed by atoms with Gasteiger partial charge in [-0.05, 0) is 24.4 Å². The molecular weight excluding hydrogens is 326 g/mol. The van der Waals surface area contributed by atoms with Crippen LogP contribution < -0.4 is 0 Å². The Kier molecular flexibility index (Phi) is 6.78.